The van der Waals surface area contributed by atoms with Crippen LogP contribution in [0.15, 0.2) is 28.8 Å². The summed E-state index contributed by atoms with van der Waals surface area (Å²) < 4.78 is 5.03. The molecular weight excluding hydrogens is 234 g/mol. The Morgan fingerprint density at radius 1 is 1.56 bits per heavy atom. The molecule has 1 aromatic heterocycles. The normalized spacial score (nSPS) is 12.3. The smallest absolute Gasteiger partial charge is 0.248 e. The molecule has 0 aliphatic heterocycles. The lowest BCUT2D eigenvalue weighted by atomic mass is 10.1. The Hall–Kier alpha value is -2.21. The first-order chi connectivity index (χ1) is 8.61. The predicted molar refractivity (Wildman–Crippen MR) is 63.8 cm³/mol. The molecule has 94 valence electrons. The number of hydrogen-bond acceptors (Lipinski definition) is 5. The van der Waals surface area contributed by atoms with Crippen LogP contribution in [0.1, 0.15) is 29.1 Å². The number of carbonyl (C=O) groups excluding carboxylic acids is 1. The molecule has 0 aliphatic rings. The highest BCUT2D eigenvalue weighted by Gasteiger charge is 2.14. The molecule has 0 fully saturated rings. The fourth-order valence-electron chi connectivity index (χ4n) is 1.44. The monoisotopic (exact) mass is 247 g/mol. The quantitative estimate of drug-likeness (QED) is 0.836. The average molecular weight is 247 g/mol. The van der Waals surface area contributed by atoms with Crippen LogP contribution in [0.2, 0.25) is 0 Å². The van der Waals surface area contributed by atoms with Gasteiger partial charge in [-0.05, 0) is 12.1 Å². The highest BCUT2D eigenvalue weighted by molar-refractivity contribution is 5.93. The van der Waals surface area contributed by atoms with Crippen molar-refractivity contribution in [2.75, 3.05) is 6.61 Å². The third kappa shape index (κ3) is 2.38. The summed E-state index contributed by atoms with van der Waals surface area (Å²) in [6.07, 6.45) is 0. The summed E-state index contributed by atoms with van der Waals surface area (Å²) in [5, 5.41) is 12.8. The van der Waals surface area contributed by atoms with E-state index in [2.05, 4.69) is 10.1 Å². The number of benzene rings is 1. The Morgan fingerprint density at radius 2 is 2.33 bits per heavy atom. The minimum atomic E-state index is -0.510. The van der Waals surface area contributed by atoms with Gasteiger partial charge in [-0.15, -0.1) is 0 Å². The number of nitrogens with two attached hydrogens (primary N) is 1. The zero-order valence-corrected chi connectivity index (χ0v) is 9.83. The van der Waals surface area contributed by atoms with Crippen molar-refractivity contribution in [1.82, 2.24) is 10.1 Å². The Bertz CT molecular complexity index is 565. The molecule has 18 heavy (non-hydrogen) atoms. The molecule has 1 unspecified atom stereocenters. The fourth-order valence-corrected chi connectivity index (χ4v) is 1.44. The summed E-state index contributed by atoms with van der Waals surface area (Å²) in [5.41, 5.74) is 6.23. The molecule has 0 radical (unpaired) electrons. The van der Waals surface area contributed by atoms with Crippen molar-refractivity contribution in [2.24, 2.45) is 5.73 Å². The van der Waals surface area contributed by atoms with Crippen molar-refractivity contribution >= 4 is 5.91 Å². The minimum absolute atomic E-state index is 0.0665. The summed E-state index contributed by atoms with van der Waals surface area (Å²) >= 11 is 0. The van der Waals surface area contributed by atoms with E-state index >= 15 is 0 Å². The van der Waals surface area contributed by atoms with Crippen LogP contribution in [0.3, 0.4) is 0 Å². The largest absolute Gasteiger partial charge is 0.396 e. The number of aromatic nitrogens is 2. The van der Waals surface area contributed by atoms with E-state index in [0.29, 0.717) is 22.8 Å². The fraction of sp³-hybridized carbons (Fsp3) is 0.250. The van der Waals surface area contributed by atoms with Gasteiger partial charge in [-0.2, -0.15) is 4.98 Å². The lowest BCUT2D eigenvalue weighted by Crippen LogP contribution is -2.10. The average Bonchev–Trinajstić information content (AvgIpc) is 2.87. The van der Waals surface area contributed by atoms with Crippen molar-refractivity contribution in [3.05, 3.63) is 35.7 Å². The lowest BCUT2D eigenvalue weighted by molar-refractivity contribution is 0.100. The van der Waals surface area contributed by atoms with Crippen LogP contribution in [0.25, 0.3) is 11.4 Å². The highest BCUT2D eigenvalue weighted by Crippen LogP contribution is 2.20. The van der Waals surface area contributed by atoms with Crippen LogP contribution in [0.5, 0.6) is 0 Å². The van der Waals surface area contributed by atoms with Gasteiger partial charge in [0.15, 0.2) is 0 Å². The number of nitrogens with zero attached hydrogens (tertiary/aromatic N) is 2. The molecule has 1 atom stereocenters. The lowest BCUT2D eigenvalue weighted by Gasteiger charge is -1.99. The molecule has 0 bridgehead atoms. The van der Waals surface area contributed by atoms with E-state index in [4.69, 9.17) is 15.4 Å². The summed E-state index contributed by atoms with van der Waals surface area (Å²) in [5.74, 6) is 0.000228. The van der Waals surface area contributed by atoms with Gasteiger partial charge in [0.1, 0.15) is 0 Å². The molecule has 0 aliphatic carbocycles. The molecule has 6 nitrogen and oxygen atoms in total. The Kier molecular flexibility index (Phi) is 3.38. The Morgan fingerprint density at radius 3 is 3.00 bits per heavy atom. The maximum absolute atomic E-state index is 11.1. The number of hydrogen-bond donors (Lipinski definition) is 2. The molecule has 2 rings (SSSR count). The zero-order valence-electron chi connectivity index (χ0n) is 9.83. The van der Waals surface area contributed by atoms with Crippen LogP contribution < -0.4 is 5.73 Å². The third-order valence-electron chi connectivity index (χ3n) is 2.54. The number of carbonyl (C=O) groups is 1. The van der Waals surface area contributed by atoms with Gasteiger partial charge in [0.2, 0.25) is 17.6 Å². The van der Waals surface area contributed by atoms with Crippen LogP contribution in [0.4, 0.5) is 0 Å². The molecule has 0 spiro atoms. The molecule has 1 amide bonds. The van der Waals surface area contributed by atoms with Gasteiger partial charge in [-0.1, -0.05) is 24.2 Å². The number of primary amides is 1. The maximum Gasteiger partial charge on any atom is 0.248 e. The summed E-state index contributed by atoms with van der Waals surface area (Å²) in [4.78, 5) is 15.2. The number of aliphatic hydroxyl groups is 1. The molecule has 1 aromatic carbocycles. The molecule has 3 N–H and O–H groups in total. The van der Waals surface area contributed by atoms with E-state index in [9.17, 15) is 4.79 Å². The Labute approximate surface area is 103 Å². The van der Waals surface area contributed by atoms with Gasteiger partial charge in [0.25, 0.3) is 0 Å². The molecular formula is C12H13N3O3. The molecule has 1 heterocycles. The van der Waals surface area contributed by atoms with Crippen LogP contribution in [0, 0.1) is 0 Å². The van der Waals surface area contributed by atoms with Crippen LogP contribution >= 0.6 is 0 Å². The Balaban J connectivity index is 2.34. The van der Waals surface area contributed by atoms with Crippen molar-refractivity contribution in [3.63, 3.8) is 0 Å². The van der Waals surface area contributed by atoms with Crippen LogP contribution in [-0.2, 0) is 0 Å². The van der Waals surface area contributed by atoms with E-state index < -0.39 is 5.91 Å². The molecule has 0 saturated carbocycles. The van der Waals surface area contributed by atoms with Gasteiger partial charge in [0, 0.05) is 11.1 Å². The van der Waals surface area contributed by atoms with E-state index in [1.807, 2.05) is 0 Å². The van der Waals surface area contributed by atoms with E-state index in [1.165, 1.54) is 0 Å². The van der Waals surface area contributed by atoms with Crippen LogP contribution in [-0.4, -0.2) is 27.8 Å². The van der Waals surface area contributed by atoms with Gasteiger partial charge < -0.3 is 15.4 Å². The van der Waals surface area contributed by atoms with Gasteiger partial charge in [0.05, 0.1) is 12.5 Å². The molecule has 0 saturated heterocycles. The summed E-state index contributed by atoms with van der Waals surface area (Å²) in [6.45, 7) is 1.71. The van der Waals surface area contributed by atoms with Gasteiger partial charge >= 0.3 is 0 Å². The van der Waals surface area contributed by atoms with Crippen molar-refractivity contribution in [3.8, 4) is 11.4 Å². The van der Waals surface area contributed by atoms with Crippen molar-refractivity contribution in [1.29, 1.82) is 0 Å². The maximum atomic E-state index is 11.1. The molecule has 2 aromatic rings. The van der Waals surface area contributed by atoms with E-state index in [-0.39, 0.29) is 12.5 Å². The van der Waals surface area contributed by atoms with Crippen molar-refractivity contribution < 1.29 is 14.4 Å². The summed E-state index contributed by atoms with van der Waals surface area (Å²) in [7, 11) is 0. The SMILES string of the molecule is CC(CO)c1nc(-c2cccc(C(N)=O)c2)no1. The topological polar surface area (TPSA) is 102 Å². The second kappa shape index (κ2) is 4.97. The predicted octanol–water partition coefficient (Wildman–Crippen LogP) is 0.931. The second-order valence-corrected chi connectivity index (χ2v) is 3.98. The second-order valence-electron chi connectivity index (χ2n) is 3.98. The summed E-state index contributed by atoms with van der Waals surface area (Å²) in [6, 6.07) is 6.66. The first kappa shape index (κ1) is 12.3. The number of aliphatic hydroxyl groups excluding tert-OH is 1. The number of amides is 1. The number of rotatable bonds is 4. The highest BCUT2D eigenvalue weighted by atomic mass is 16.5. The van der Waals surface area contributed by atoms with E-state index in [0.717, 1.165) is 0 Å². The van der Waals surface area contributed by atoms with Gasteiger partial charge in [-0.3, -0.25) is 4.79 Å². The standard InChI is InChI=1S/C12H13N3O3/c1-7(6-16)12-14-11(15-18-12)9-4-2-3-8(5-9)10(13)17/h2-5,7,16H,6H2,1H3,(H2,13,17). The molecule has 6 heteroatoms. The first-order valence-electron chi connectivity index (χ1n) is 5.46. The third-order valence-corrected chi connectivity index (χ3v) is 2.54. The van der Waals surface area contributed by atoms with Gasteiger partial charge in [-0.25, -0.2) is 0 Å². The minimum Gasteiger partial charge on any atom is -0.396 e. The first-order valence-corrected chi connectivity index (χ1v) is 5.46. The van der Waals surface area contributed by atoms with E-state index in [1.54, 1.807) is 31.2 Å². The zero-order chi connectivity index (χ0) is 13.1. The van der Waals surface area contributed by atoms with Crippen molar-refractivity contribution in [2.45, 2.75) is 12.8 Å².